The molecule has 0 spiro atoms. The molecule has 0 unspecified atom stereocenters. The van der Waals surface area contributed by atoms with Crippen LogP contribution in [0.3, 0.4) is 0 Å². The zero-order chi connectivity index (χ0) is 29.5. The fourth-order valence-electron chi connectivity index (χ4n) is 4.82. The summed E-state index contributed by atoms with van der Waals surface area (Å²) in [6.07, 6.45) is -2.07. The van der Waals surface area contributed by atoms with E-state index in [2.05, 4.69) is 10.3 Å². The maximum atomic E-state index is 12.9. The van der Waals surface area contributed by atoms with Crippen molar-refractivity contribution in [2.45, 2.75) is 44.8 Å². The lowest BCUT2D eigenvalue weighted by Crippen LogP contribution is -2.41. The summed E-state index contributed by atoms with van der Waals surface area (Å²) in [7, 11) is 1.33. The summed E-state index contributed by atoms with van der Waals surface area (Å²) in [5.74, 6) is 0.206. The van der Waals surface area contributed by atoms with Gasteiger partial charge in [0.2, 0.25) is 0 Å². The molecular weight excluding hydrogens is 585 g/mol. The van der Waals surface area contributed by atoms with Crippen molar-refractivity contribution in [3.05, 3.63) is 79.0 Å². The van der Waals surface area contributed by atoms with Crippen LogP contribution >= 0.6 is 22.9 Å². The number of aromatic nitrogens is 3. The van der Waals surface area contributed by atoms with Crippen molar-refractivity contribution in [3.8, 4) is 16.9 Å². The SMILES string of the molecule is COC(=O)[C@@H]1C[C@H](Oc2c(C)cc(Cl)cc2-c2ccnc3cc(Cn4c(=O)ccn(CC(F)(F)F)c4=O)sc23)CN1. The van der Waals surface area contributed by atoms with Crippen LogP contribution in [-0.2, 0) is 22.6 Å². The number of rotatable bonds is 7. The Labute approximate surface area is 240 Å². The minimum Gasteiger partial charge on any atom is -0.488 e. The number of thiophene rings is 1. The van der Waals surface area contributed by atoms with Gasteiger partial charge in [-0.15, -0.1) is 11.3 Å². The Morgan fingerprint density at radius 2 is 2.00 bits per heavy atom. The van der Waals surface area contributed by atoms with E-state index in [-0.39, 0.29) is 18.6 Å². The fourth-order valence-corrected chi connectivity index (χ4v) is 6.22. The van der Waals surface area contributed by atoms with Gasteiger partial charge in [-0.1, -0.05) is 11.6 Å². The third-order valence-electron chi connectivity index (χ3n) is 6.66. The lowest BCUT2D eigenvalue weighted by molar-refractivity contribution is -0.143. The largest absolute Gasteiger partial charge is 0.488 e. The van der Waals surface area contributed by atoms with E-state index in [0.29, 0.717) is 49.0 Å². The van der Waals surface area contributed by atoms with E-state index in [1.807, 2.05) is 6.92 Å². The van der Waals surface area contributed by atoms with Crippen LogP contribution in [0, 0.1) is 6.92 Å². The normalized spacial score (nSPS) is 17.2. The molecule has 4 heterocycles. The first-order valence-corrected chi connectivity index (χ1v) is 13.7. The molecule has 4 aromatic rings. The molecule has 0 bridgehead atoms. The summed E-state index contributed by atoms with van der Waals surface area (Å²) >= 11 is 7.69. The van der Waals surface area contributed by atoms with Crippen molar-refractivity contribution in [2.75, 3.05) is 13.7 Å². The van der Waals surface area contributed by atoms with Crippen LogP contribution < -0.4 is 21.3 Å². The number of halogens is 4. The highest BCUT2D eigenvalue weighted by molar-refractivity contribution is 7.19. The molecule has 1 saturated heterocycles. The molecule has 0 amide bonds. The monoisotopic (exact) mass is 608 g/mol. The van der Waals surface area contributed by atoms with Gasteiger partial charge in [0.25, 0.3) is 5.56 Å². The van der Waals surface area contributed by atoms with Gasteiger partial charge in [-0.25, -0.2) is 4.79 Å². The molecular formula is C27H24ClF3N4O5S. The smallest absolute Gasteiger partial charge is 0.406 e. The molecule has 1 N–H and O–H groups in total. The third-order valence-corrected chi connectivity index (χ3v) is 8.02. The Kier molecular flexibility index (Phi) is 7.95. The highest BCUT2D eigenvalue weighted by Gasteiger charge is 2.32. The predicted octanol–water partition coefficient (Wildman–Crippen LogP) is 4.14. The summed E-state index contributed by atoms with van der Waals surface area (Å²) in [5, 5.41) is 3.57. The number of hydrogen-bond donors (Lipinski definition) is 1. The van der Waals surface area contributed by atoms with Crippen LogP contribution in [0.1, 0.15) is 16.9 Å². The number of pyridine rings is 1. The van der Waals surface area contributed by atoms with Crippen LogP contribution in [0.15, 0.2) is 52.3 Å². The minimum absolute atomic E-state index is 0.225. The van der Waals surface area contributed by atoms with Gasteiger partial charge >= 0.3 is 17.8 Å². The molecule has 0 saturated carbocycles. The molecule has 9 nitrogen and oxygen atoms in total. The van der Waals surface area contributed by atoms with Gasteiger partial charge in [0.1, 0.15) is 24.4 Å². The number of nitrogens with zero attached hydrogens (tertiary/aromatic N) is 3. The highest BCUT2D eigenvalue weighted by Crippen LogP contribution is 2.42. The average molecular weight is 609 g/mol. The van der Waals surface area contributed by atoms with Crippen molar-refractivity contribution in [1.29, 1.82) is 0 Å². The lowest BCUT2D eigenvalue weighted by atomic mass is 10.0. The van der Waals surface area contributed by atoms with Crippen molar-refractivity contribution in [3.63, 3.8) is 0 Å². The van der Waals surface area contributed by atoms with Gasteiger partial charge in [-0.05, 0) is 36.8 Å². The van der Waals surface area contributed by atoms with E-state index in [1.54, 1.807) is 30.5 Å². The Balaban J connectivity index is 1.51. The van der Waals surface area contributed by atoms with Crippen LogP contribution in [0.5, 0.6) is 5.75 Å². The Hall–Kier alpha value is -3.68. The molecule has 41 heavy (non-hydrogen) atoms. The van der Waals surface area contributed by atoms with E-state index in [0.717, 1.165) is 28.0 Å². The third kappa shape index (κ3) is 6.16. The first kappa shape index (κ1) is 28.8. The van der Waals surface area contributed by atoms with E-state index in [1.165, 1.54) is 18.4 Å². The van der Waals surface area contributed by atoms with Crippen LogP contribution in [0.25, 0.3) is 21.3 Å². The van der Waals surface area contributed by atoms with E-state index >= 15 is 0 Å². The predicted molar refractivity (Wildman–Crippen MR) is 148 cm³/mol. The Bertz CT molecular complexity index is 1750. The molecule has 216 valence electrons. The van der Waals surface area contributed by atoms with Crippen molar-refractivity contribution in [1.82, 2.24) is 19.4 Å². The number of carbonyl (C=O) groups excluding carboxylic acids is 1. The molecule has 1 aliphatic heterocycles. The summed E-state index contributed by atoms with van der Waals surface area (Å²) in [6, 6.07) is 7.47. The maximum Gasteiger partial charge on any atom is 0.406 e. The molecule has 3 aromatic heterocycles. The van der Waals surface area contributed by atoms with Gasteiger partial charge in [0.15, 0.2) is 0 Å². The minimum atomic E-state index is -4.62. The average Bonchev–Trinajstić information content (AvgIpc) is 3.55. The summed E-state index contributed by atoms with van der Waals surface area (Å²) < 4.78 is 51.9. The number of nitrogens with one attached hydrogen (secondary N) is 1. The Morgan fingerprint density at radius 1 is 1.22 bits per heavy atom. The highest BCUT2D eigenvalue weighted by atomic mass is 35.5. The van der Waals surface area contributed by atoms with E-state index in [9.17, 15) is 27.6 Å². The van der Waals surface area contributed by atoms with Crippen molar-refractivity contribution in [2.24, 2.45) is 0 Å². The van der Waals surface area contributed by atoms with Gasteiger partial charge < -0.3 is 14.8 Å². The topological polar surface area (TPSA) is 104 Å². The number of ether oxygens (including phenoxy) is 2. The van der Waals surface area contributed by atoms with E-state index < -0.39 is 30.0 Å². The quantitative estimate of drug-likeness (QED) is 0.315. The second-order valence-electron chi connectivity index (χ2n) is 9.61. The van der Waals surface area contributed by atoms with Gasteiger partial charge in [-0.2, -0.15) is 13.2 Å². The van der Waals surface area contributed by atoms with E-state index in [4.69, 9.17) is 21.1 Å². The second kappa shape index (κ2) is 11.3. The van der Waals surface area contributed by atoms with Crippen LogP contribution in [0.2, 0.25) is 5.02 Å². The number of alkyl halides is 3. The molecule has 2 atom stereocenters. The number of aryl methyl sites for hydroxylation is 1. The summed E-state index contributed by atoms with van der Waals surface area (Å²) in [4.78, 5) is 42.0. The molecule has 1 aliphatic rings. The van der Waals surface area contributed by atoms with Crippen LogP contribution in [-0.4, -0.2) is 52.1 Å². The lowest BCUT2D eigenvalue weighted by Gasteiger charge is -2.19. The zero-order valence-electron chi connectivity index (χ0n) is 21.8. The van der Waals surface area contributed by atoms with Gasteiger partial charge in [0.05, 0.1) is 23.9 Å². The van der Waals surface area contributed by atoms with Crippen molar-refractivity contribution < 1.29 is 27.4 Å². The number of fused-ring (bicyclic) bond motifs is 1. The number of carbonyl (C=O) groups is 1. The number of benzene rings is 1. The summed E-state index contributed by atoms with van der Waals surface area (Å²) in [5.41, 5.74) is 0.988. The number of methoxy groups -OCH3 is 1. The first-order chi connectivity index (χ1) is 19.4. The summed E-state index contributed by atoms with van der Waals surface area (Å²) in [6.45, 7) is 0.570. The fraction of sp³-hybridized carbons (Fsp3) is 0.333. The molecule has 0 radical (unpaired) electrons. The Morgan fingerprint density at radius 3 is 2.73 bits per heavy atom. The first-order valence-electron chi connectivity index (χ1n) is 12.5. The zero-order valence-corrected chi connectivity index (χ0v) is 23.4. The maximum absolute atomic E-state index is 12.9. The number of hydrogen-bond acceptors (Lipinski definition) is 8. The molecule has 1 aromatic carbocycles. The van der Waals surface area contributed by atoms with Crippen LogP contribution in [0.4, 0.5) is 13.2 Å². The standard InChI is InChI=1S/C27H24ClF3N4O5S/c1-14-7-15(28)8-19(23(14)40-16-9-21(33-11-16)25(37)39-2)18-3-5-32-20-10-17(41-24(18)20)12-35-22(36)4-6-34(26(35)38)13-27(29,30)31/h3-8,10,16,21,33H,9,11-13H2,1-2H3/t16-,21-/m0/s1. The number of esters is 1. The molecule has 5 rings (SSSR count). The second-order valence-corrected chi connectivity index (χ2v) is 11.2. The van der Waals surface area contributed by atoms with Gasteiger partial charge in [0, 0.05) is 52.5 Å². The van der Waals surface area contributed by atoms with Gasteiger partial charge in [-0.3, -0.25) is 23.7 Å². The molecule has 14 heteroatoms. The molecule has 1 fully saturated rings. The molecule has 0 aliphatic carbocycles. The van der Waals surface area contributed by atoms with Crippen molar-refractivity contribution >= 4 is 39.1 Å².